The number of benzene rings is 1. The summed E-state index contributed by atoms with van der Waals surface area (Å²) in [5.41, 5.74) is 3.41. The average molecular weight is 316 g/mol. The number of nitrogens with zero attached hydrogens (tertiary/aromatic N) is 2. The minimum atomic E-state index is -0.117. The highest BCUT2D eigenvalue weighted by Crippen LogP contribution is 2.28. The first-order valence-corrected chi connectivity index (χ1v) is 8.68. The van der Waals surface area contributed by atoms with E-state index in [2.05, 4.69) is 38.1 Å². The molecule has 0 radical (unpaired) electrons. The minimum Gasteiger partial charge on any atom is -0.342 e. The van der Waals surface area contributed by atoms with Crippen LogP contribution in [-0.4, -0.2) is 34.1 Å². The van der Waals surface area contributed by atoms with Crippen LogP contribution in [0.4, 0.5) is 0 Å². The molecule has 0 aliphatic carbocycles. The van der Waals surface area contributed by atoms with Gasteiger partial charge in [-0.05, 0) is 51.8 Å². The second-order valence-corrected chi connectivity index (χ2v) is 6.88. The minimum absolute atomic E-state index is 0.117. The van der Waals surface area contributed by atoms with Crippen molar-refractivity contribution in [3.63, 3.8) is 0 Å². The molecule has 1 amide bonds. The number of fused-ring (bicyclic) bond motifs is 1. The molecule has 3 nitrogen and oxygen atoms in total. The molecule has 0 N–H and O–H groups in total. The molecule has 2 aromatic rings. The summed E-state index contributed by atoms with van der Waals surface area (Å²) in [4.78, 5) is 19.0. The lowest BCUT2D eigenvalue weighted by molar-refractivity contribution is -0.129. The van der Waals surface area contributed by atoms with Gasteiger partial charge >= 0.3 is 0 Å². The number of rotatable bonds is 5. The fourth-order valence-electron chi connectivity index (χ4n) is 2.62. The van der Waals surface area contributed by atoms with Crippen molar-refractivity contribution in [2.45, 2.75) is 44.9 Å². The Hall–Kier alpha value is -1.55. The average Bonchev–Trinajstić information content (AvgIpc) is 2.49. The molecule has 4 heteroatoms. The first-order valence-electron chi connectivity index (χ1n) is 7.80. The lowest BCUT2D eigenvalue weighted by atomic mass is 10.1. The van der Waals surface area contributed by atoms with Gasteiger partial charge in [-0.2, -0.15) is 0 Å². The summed E-state index contributed by atoms with van der Waals surface area (Å²) < 4.78 is 0. The third-order valence-corrected chi connectivity index (χ3v) is 4.95. The zero-order valence-corrected chi connectivity index (χ0v) is 14.8. The predicted octanol–water partition coefficient (Wildman–Crippen LogP) is 4.20. The lowest BCUT2D eigenvalue weighted by Crippen LogP contribution is -2.36. The fourth-order valence-corrected chi connectivity index (χ4v) is 3.62. The fraction of sp³-hybridized carbons (Fsp3) is 0.444. The highest BCUT2D eigenvalue weighted by atomic mass is 32.2. The van der Waals surface area contributed by atoms with E-state index in [-0.39, 0.29) is 11.2 Å². The summed E-state index contributed by atoms with van der Waals surface area (Å²) in [5.74, 6) is 0.180. The Kier molecular flexibility index (Phi) is 5.46. The number of aromatic nitrogens is 1. The van der Waals surface area contributed by atoms with Gasteiger partial charge in [0.2, 0.25) is 5.91 Å². The molecule has 0 aliphatic rings. The van der Waals surface area contributed by atoms with Crippen LogP contribution in [0.5, 0.6) is 0 Å². The van der Waals surface area contributed by atoms with E-state index < -0.39 is 0 Å². The van der Waals surface area contributed by atoms with Gasteiger partial charge in [-0.25, -0.2) is 4.98 Å². The van der Waals surface area contributed by atoms with Gasteiger partial charge in [0.25, 0.3) is 0 Å². The van der Waals surface area contributed by atoms with Crippen molar-refractivity contribution in [3.8, 4) is 0 Å². The van der Waals surface area contributed by atoms with Gasteiger partial charge in [0.15, 0.2) is 0 Å². The SMILES string of the molecule is CCN(CC)C(=O)[C@@H](C)Sc1cc(C)c2cccc(C)c2n1. The molecule has 1 heterocycles. The molecule has 1 aromatic heterocycles. The van der Waals surface area contributed by atoms with Crippen molar-refractivity contribution >= 4 is 28.6 Å². The summed E-state index contributed by atoms with van der Waals surface area (Å²) in [6.07, 6.45) is 0. The summed E-state index contributed by atoms with van der Waals surface area (Å²) in [6, 6.07) is 8.32. The third-order valence-electron chi connectivity index (χ3n) is 3.94. The number of hydrogen-bond acceptors (Lipinski definition) is 3. The number of hydrogen-bond donors (Lipinski definition) is 0. The van der Waals surface area contributed by atoms with Crippen LogP contribution < -0.4 is 0 Å². The van der Waals surface area contributed by atoms with E-state index in [4.69, 9.17) is 4.98 Å². The molecule has 0 spiro atoms. The maximum atomic E-state index is 12.4. The van der Waals surface area contributed by atoms with Crippen molar-refractivity contribution in [2.24, 2.45) is 0 Å². The zero-order chi connectivity index (χ0) is 16.3. The number of aryl methyl sites for hydroxylation is 2. The predicted molar refractivity (Wildman–Crippen MR) is 94.5 cm³/mol. The largest absolute Gasteiger partial charge is 0.342 e. The number of pyridine rings is 1. The number of carbonyl (C=O) groups excluding carboxylic acids is 1. The Morgan fingerprint density at radius 3 is 2.55 bits per heavy atom. The Morgan fingerprint density at radius 1 is 1.23 bits per heavy atom. The molecule has 2 rings (SSSR count). The van der Waals surface area contributed by atoms with E-state index in [1.165, 1.54) is 16.5 Å². The molecule has 0 unspecified atom stereocenters. The molecule has 1 aromatic carbocycles. The number of thioether (sulfide) groups is 1. The Balaban J connectivity index is 2.28. The topological polar surface area (TPSA) is 33.2 Å². The van der Waals surface area contributed by atoms with Crippen molar-refractivity contribution in [1.82, 2.24) is 9.88 Å². The van der Waals surface area contributed by atoms with Crippen LogP contribution in [0, 0.1) is 13.8 Å². The van der Waals surface area contributed by atoms with Gasteiger partial charge < -0.3 is 4.90 Å². The Bertz CT molecular complexity index is 680. The summed E-state index contributed by atoms with van der Waals surface area (Å²) in [7, 11) is 0. The second kappa shape index (κ2) is 7.14. The van der Waals surface area contributed by atoms with E-state index in [9.17, 15) is 4.79 Å². The molecule has 22 heavy (non-hydrogen) atoms. The van der Waals surface area contributed by atoms with Crippen LogP contribution >= 0.6 is 11.8 Å². The van der Waals surface area contributed by atoms with Gasteiger partial charge in [0.1, 0.15) is 0 Å². The van der Waals surface area contributed by atoms with Crippen molar-refractivity contribution in [1.29, 1.82) is 0 Å². The third kappa shape index (κ3) is 3.43. The standard InChI is InChI=1S/C18H24N2OS/c1-6-20(7-2)18(21)14(5)22-16-11-13(4)15-10-8-9-12(3)17(15)19-16/h8-11,14H,6-7H2,1-5H3/t14-/m1/s1. The van der Waals surface area contributed by atoms with Crippen LogP contribution in [0.15, 0.2) is 29.3 Å². The van der Waals surface area contributed by atoms with Crippen molar-refractivity contribution in [3.05, 3.63) is 35.4 Å². The molecular formula is C18H24N2OS. The first-order chi connectivity index (χ1) is 10.5. The normalized spacial score (nSPS) is 12.4. The lowest BCUT2D eigenvalue weighted by Gasteiger charge is -2.22. The Labute approximate surface area is 137 Å². The smallest absolute Gasteiger partial charge is 0.235 e. The van der Waals surface area contributed by atoms with Gasteiger partial charge in [-0.15, -0.1) is 0 Å². The van der Waals surface area contributed by atoms with E-state index in [1.54, 1.807) is 11.8 Å². The van der Waals surface area contributed by atoms with Gasteiger partial charge in [0.05, 0.1) is 15.8 Å². The van der Waals surface area contributed by atoms with Crippen LogP contribution in [0.3, 0.4) is 0 Å². The highest BCUT2D eigenvalue weighted by molar-refractivity contribution is 8.00. The zero-order valence-electron chi connectivity index (χ0n) is 14.0. The Morgan fingerprint density at radius 2 is 1.91 bits per heavy atom. The maximum absolute atomic E-state index is 12.4. The summed E-state index contributed by atoms with van der Waals surface area (Å²) >= 11 is 1.55. The molecular weight excluding hydrogens is 292 g/mol. The highest BCUT2D eigenvalue weighted by Gasteiger charge is 2.20. The van der Waals surface area contributed by atoms with Crippen molar-refractivity contribution < 1.29 is 4.79 Å². The van der Waals surface area contributed by atoms with Gasteiger partial charge in [0, 0.05) is 18.5 Å². The number of amides is 1. The van der Waals surface area contributed by atoms with Crippen molar-refractivity contribution in [2.75, 3.05) is 13.1 Å². The molecule has 0 saturated heterocycles. The molecule has 0 fully saturated rings. The van der Waals surface area contributed by atoms with Crippen LogP contribution in [0.1, 0.15) is 31.9 Å². The van der Waals surface area contributed by atoms with Crippen LogP contribution in [0.25, 0.3) is 10.9 Å². The van der Waals surface area contributed by atoms with Crippen LogP contribution in [0.2, 0.25) is 0 Å². The molecule has 0 bridgehead atoms. The summed E-state index contributed by atoms with van der Waals surface area (Å²) in [6.45, 7) is 11.7. The van der Waals surface area contributed by atoms with E-state index in [0.717, 1.165) is 23.6 Å². The van der Waals surface area contributed by atoms with E-state index in [0.29, 0.717) is 0 Å². The van der Waals surface area contributed by atoms with E-state index >= 15 is 0 Å². The summed E-state index contributed by atoms with van der Waals surface area (Å²) in [5, 5.41) is 1.99. The van der Waals surface area contributed by atoms with Gasteiger partial charge in [-0.1, -0.05) is 30.0 Å². The van der Waals surface area contributed by atoms with E-state index in [1.807, 2.05) is 25.7 Å². The van der Waals surface area contributed by atoms with Gasteiger partial charge in [-0.3, -0.25) is 4.79 Å². The van der Waals surface area contributed by atoms with Crippen LogP contribution in [-0.2, 0) is 4.79 Å². The monoisotopic (exact) mass is 316 g/mol. The molecule has 1 atom stereocenters. The molecule has 118 valence electrons. The molecule has 0 aliphatic heterocycles. The maximum Gasteiger partial charge on any atom is 0.235 e. The number of para-hydroxylation sites is 1. The number of carbonyl (C=O) groups is 1. The quantitative estimate of drug-likeness (QED) is 0.775. The second-order valence-electron chi connectivity index (χ2n) is 5.52. The molecule has 0 saturated carbocycles. The first kappa shape index (κ1) is 16.8.